The molecular formula is C15H14BrNO2S. The Morgan fingerprint density at radius 1 is 1.20 bits per heavy atom. The van der Waals surface area contributed by atoms with Crippen molar-refractivity contribution in [3.8, 4) is 0 Å². The van der Waals surface area contributed by atoms with Gasteiger partial charge >= 0.3 is 5.97 Å². The Hall–Kier alpha value is -1.46. The van der Waals surface area contributed by atoms with Gasteiger partial charge in [-0.15, -0.1) is 0 Å². The third-order valence-electron chi connectivity index (χ3n) is 2.62. The van der Waals surface area contributed by atoms with Gasteiger partial charge in [0.25, 0.3) is 0 Å². The molecule has 20 heavy (non-hydrogen) atoms. The molecule has 0 aliphatic rings. The van der Waals surface area contributed by atoms with Crippen LogP contribution >= 0.6 is 27.7 Å². The molecule has 0 bridgehead atoms. The Morgan fingerprint density at radius 3 is 2.60 bits per heavy atom. The fraction of sp³-hybridized carbons (Fsp3) is 0.133. The molecular weight excluding hydrogens is 338 g/mol. The summed E-state index contributed by atoms with van der Waals surface area (Å²) in [6.45, 7) is 2.10. The summed E-state index contributed by atoms with van der Waals surface area (Å²) in [5.74, 6) is -0.389. The number of anilines is 1. The van der Waals surface area contributed by atoms with Crippen molar-refractivity contribution in [1.82, 2.24) is 0 Å². The second-order valence-corrected chi connectivity index (χ2v) is 5.91. The van der Waals surface area contributed by atoms with E-state index in [0.29, 0.717) is 17.9 Å². The van der Waals surface area contributed by atoms with Crippen molar-refractivity contribution in [2.24, 2.45) is 0 Å². The number of carbonyl (C=O) groups excluding carboxylic acids is 1. The van der Waals surface area contributed by atoms with Gasteiger partial charge in [-0.05, 0) is 47.1 Å². The van der Waals surface area contributed by atoms with Gasteiger partial charge in [0.1, 0.15) is 0 Å². The van der Waals surface area contributed by atoms with Crippen LogP contribution in [0.3, 0.4) is 0 Å². The van der Waals surface area contributed by atoms with Gasteiger partial charge < -0.3 is 10.5 Å². The van der Waals surface area contributed by atoms with E-state index in [2.05, 4.69) is 15.9 Å². The van der Waals surface area contributed by atoms with E-state index in [1.165, 1.54) is 11.8 Å². The minimum absolute atomic E-state index is 0.333. The van der Waals surface area contributed by atoms with Crippen LogP contribution in [0.2, 0.25) is 0 Å². The number of hydrogen-bond donors (Lipinski definition) is 1. The molecule has 2 N–H and O–H groups in total. The molecule has 0 atom stereocenters. The normalized spacial score (nSPS) is 10.3. The molecule has 0 saturated carbocycles. The molecule has 0 unspecified atom stereocenters. The maximum Gasteiger partial charge on any atom is 0.340 e. The summed E-state index contributed by atoms with van der Waals surface area (Å²) in [5.41, 5.74) is 6.93. The Kier molecular flexibility index (Phi) is 5.09. The lowest BCUT2D eigenvalue weighted by molar-refractivity contribution is 0.0527. The summed E-state index contributed by atoms with van der Waals surface area (Å²) < 4.78 is 5.99. The minimum atomic E-state index is -0.389. The third-order valence-corrected chi connectivity index (χ3v) is 4.72. The highest BCUT2D eigenvalue weighted by Gasteiger charge is 2.14. The molecule has 0 aliphatic carbocycles. The Bertz CT molecular complexity index is 631. The summed E-state index contributed by atoms with van der Waals surface area (Å²) in [5, 5.41) is 0. The van der Waals surface area contributed by atoms with Crippen LogP contribution in [0.25, 0.3) is 0 Å². The number of rotatable bonds is 4. The summed E-state index contributed by atoms with van der Waals surface area (Å²) in [6, 6.07) is 13.2. The van der Waals surface area contributed by atoms with Crippen LogP contribution in [0.4, 0.5) is 5.69 Å². The maximum atomic E-state index is 11.8. The van der Waals surface area contributed by atoms with Gasteiger partial charge in [0.2, 0.25) is 0 Å². The van der Waals surface area contributed by atoms with Crippen molar-refractivity contribution in [2.45, 2.75) is 16.7 Å². The number of benzene rings is 2. The fourth-order valence-electron chi connectivity index (χ4n) is 1.67. The fourth-order valence-corrected chi connectivity index (χ4v) is 3.11. The number of ether oxygens (including phenoxy) is 1. The van der Waals surface area contributed by atoms with Gasteiger partial charge in [0.15, 0.2) is 0 Å². The summed E-state index contributed by atoms with van der Waals surface area (Å²) in [7, 11) is 0. The molecule has 0 aliphatic heterocycles. The number of nitrogens with two attached hydrogens (primary N) is 1. The van der Waals surface area contributed by atoms with Crippen LogP contribution < -0.4 is 5.73 Å². The van der Waals surface area contributed by atoms with Crippen molar-refractivity contribution >= 4 is 39.3 Å². The zero-order valence-electron chi connectivity index (χ0n) is 10.9. The van der Waals surface area contributed by atoms with Crippen molar-refractivity contribution in [2.75, 3.05) is 12.3 Å². The highest BCUT2D eigenvalue weighted by atomic mass is 79.9. The van der Waals surface area contributed by atoms with Crippen molar-refractivity contribution < 1.29 is 9.53 Å². The van der Waals surface area contributed by atoms with Crippen LogP contribution in [-0.2, 0) is 4.74 Å². The largest absolute Gasteiger partial charge is 0.462 e. The number of halogens is 1. The van der Waals surface area contributed by atoms with E-state index in [-0.39, 0.29) is 5.97 Å². The molecule has 0 aromatic heterocycles. The van der Waals surface area contributed by atoms with Gasteiger partial charge in [-0.25, -0.2) is 4.79 Å². The maximum absolute atomic E-state index is 11.8. The van der Waals surface area contributed by atoms with Gasteiger partial charge in [-0.2, -0.15) is 0 Å². The predicted octanol–water partition coefficient (Wildman–Crippen LogP) is 4.36. The molecule has 0 amide bonds. The number of nitrogen functional groups attached to an aromatic ring is 1. The van der Waals surface area contributed by atoms with E-state index < -0.39 is 0 Å². The smallest absolute Gasteiger partial charge is 0.340 e. The van der Waals surface area contributed by atoms with Crippen LogP contribution in [-0.4, -0.2) is 12.6 Å². The van der Waals surface area contributed by atoms with E-state index in [9.17, 15) is 4.79 Å². The number of hydrogen-bond acceptors (Lipinski definition) is 4. The lowest BCUT2D eigenvalue weighted by Crippen LogP contribution is -2.08. The van der Waals surface area contributed by atoms with Crippen molar-refractivity contribution in [3.63, 3.8) is 0 Å². The average molecular weight is 352 g/mol. The first-order chi connectivity index (χ1) is 9.63. The minimum Gasteiger partial charge on any atom is -0.462 e. The van der Waals surface area contributed by atoms with Crippen LogP contribution in [0.15, 0.2) is 56.7 Å². The molecule has 0 spiro atoms. The monoisotopic (exact) mass is 351 g/mol. The van der Waals surface area contributed by atoms with Crippen LogP contribution in [0.5, 0.6) is 0 Å². The van der Waals surface area contributed by atoms with Gasteiger partial charge in [0, 0.05) is 14.3 Å². The summed E-state index contributed by atoms with van der Waals surface area (Å²) >= 11 is 5.01. The summed E-state index contributed by atoms with van der Waals surface area (Å²) in [4.78, 5) is 13.7. The topological polar surface area (TPSA) is 52.3 Å². The van der Waals surface area contributed by atoms with E-state index in [0.717, 1.165) is 14.3 Å². The molecule has 2 rings (SSSR count). The molecule has 104 valence electrons. The Morgan fingerprint density at radius 2 is 1.90 bits per heavy atom. The third kappa shape index (κ3) is 3.35. The Balaban J connectivity index is 2.32. The molecule has 0 fully saturated rings. The van der Waals surface area contributed by atoms with Gasteiger partial charge in [-0.1, -0.05) is 30.0 Å². The molecule has 5 heteroatoms. The highest BCUT2D eigenvalue weighted by molar-refractivity contribution is 9.10. The molecule has 3 nitrogen and oxygen atoms in total. The first-order valence-corrected chi connectivity index (χ1v) is 7.72. The molecule has 2 aromatic rings. The number of carbonyl (C=O) groups is 1. The quantitative estimate of drug-likeness (QED) is 0.656. The van der Waals surface area contributed by atoms with Gasteiger partial charge in [0.05, 0.1) is 17.9 Å². The predicted molar refractivity (Wildman–Crippen MR) is 85.1 cm³/mol. The summed E-state index contributed by atoms with van der Waals surface area (Å²) in [6.07, 6.45) is 0. The number of esters is 1. The van der Waals surface area contributed by atoms with E-state index in [1.807, 2.05) is 36.4 Å². The lowest BCUT2D eigenvalue weighted by atomic mass is 10.2. The standard InChI is InChI=1S/C15H14BrNO2S/c1-2-19-15(18)10-6-5-9-13(14(10)17)20-12-8-4-3-7-11(12)16/h3-9H,2,17H2,1H3. The van der Waals surface area contributed by atoms with E-state index in [1.54, 1.807) is 13.0 Å². The van der Waals surface area contributed by atoms with E-state index >= 15 is 0 Å². The number of para-hydroxylation sites is 1. The van der Waals surface area contributed by atoms with E-state index in [4.69, 9.17) is 10.5 Å². The molecule has 0 heterocycles. The van der Waals surface area contributed by atoms with Crippen molar-refractivity contribution in [1.29, 1.82) is 0 Å². The molecule has 0 radical (unpaired) electrons. The van der Waals surface area contributed by atoms with Gasteiger partial charge in [-0.3, -0.25) is 0 Å². The van der Waals surface area contributed by atoms with Crippen LogP contribution in [0.1, 0.15) is 17.3 Å². The SMILES string of the molecule is CCOC(=O)c1cccc(Sc2ccccc2Br)c1N. The second kappa shape index (κ2) is 6.81. The zero-order valence-corrected chi connectivity index (χ0v) is 13.3. The average Bonchev–Trinajstić information content (AvgIpc) is 2.43. The first-order valence-electron chi connectivity index (χ1n) is 6.11. The zero-order chi connectivity index (χ0) is 14.5. The molecule has 2 aromatic carbocycles. The second-order valence-electron chi connectivity index (χ2n) is 3.97. The van der Waals surface area contributed by atoms with Crippen molar-refractivity contribution in [3.05, 3.63) is 52.5 Å². The van der Waals surface area contributed by atoms with Crippen LogP contribution in [0, 0.1) is 0 Å². The highest BCUT2D eigenvalue weighted by Crippen LogP contribution is 2.37. The molecule has 0 saturated heterocycles. The lowest BCUT2D eigenvalue weighted by Gasteiger charge is -2.10. The Labute approximate surface area is 130 Å². The first kappa shape index (κ1) is 14.9.